The maximum atomic E-state index is 13.3. The maximum Gasteiger partial charge on any atom is 0.131 e. The van der Waals surface area contributed by atoms with Crippen molar-refractivity contribution in [3.8, 4) is 0 Å². The molecule has 1 unspecified atom stereocenters. The summed E-state index contributed by atoms with van der Waals surface area (Å²) in [7, 11) is 0. The van der Waals surface area contributed by atoms with Gasteiger partial charge in [-0.15, -0.1) is 11.3 Å². The lowest BCUT2D eigenvalue weighted by molar-refractivity contribution is 0.194. The molecule has 1 N–H and O–H groups in total. The van der Waals surface area contributed by atoms with E-state index in [0.717, 1.165) is 4.70 Å². The zero-order chi connectivity index (χ0) is 9.42. The van der Waals surface area contributed by atoms with Crippen LogP contribution in [0.2, 0.25) is 0 Å². The van der Waals surface area contributed by atoms with Crippen LogP contribution in [0.4, 0.5) is 4.39 Å². The Bertz CT molecular complexity index is 438. The van der Waals surface area contributed by atoms with Gasteiger partial charge < -0.3 is 5.11 Å². The Labute approximate surface area is 78.7 Å². The number of hydrogen-bond donors (Lipinski definition) is 1. The molecule has 0 aliphatic rings. The molecule has 2 rings (SSSR count). The second-order valence-corrected chi connectivity index (χ2v) is 3.76. The quantitative estimate of drug-likeness (QED) is 0.761. The van der Waals surface area contributed by atoms with Gasteiger partial charge in [0.15, 0.2) is 0 Å². The number of hydrogen-bond acceptors (Lipinski definition) is 3. The molecule has 2 nitrogen and oxygen atoms in total. The van der Waals surface area contributed by atoms with Crippen LogP contribution in [0.5, 0.6) is 0 Å². The Morgan fingerprint density at radius 3 is 3.00 bits per heavy atom. The Hall–Kier alpha value is -1.00. The average Bonchev–Trinajstić information content (AvgIpc) is 2.48. The van der Waals surface area contributed by atoms with E-state index in [0.29, 0.717) is 11.1 Å². The minimum absolute atomic E-state index is 0.330. The van der Waals surface area contributed by atoms with Gasteiger partial charge in [-0.3, -0.25) is 0 Å². The number of thiazole rings is 1. The molecular formula is C9H8FNOS. The van der Waals surface area contributed by atoms with Crippen LogP contribution in [0.25, 0.3) is 10.2 Å². The summed E-state index contributed by atoms with van der Waals surface area (Å²) in [6.07, 6.45) is -0.772. The predicted molar refractivity (Wildman–Crippen MR) is 50.2 cm³/mol. The van der Waals surface area contributed by atoms with Crippen LogP contribution >= 0.6 is 11.3 Å². The van der Waals surface area contributed by atoms with E-state index in [1.165, 1.54) is 17.4 Å². The molecule has 0 aliphatic heterocycles. The molecule has 13 heavy (non-hydrogen) atoms. The van der Waals surface area contributed by atoms with Crippen molar-refractivity contribution in [1.29, 1.82) is 0 Å². The molecule has 1 heterocycles. The van der Waals surface area contributed by atoms with E-state index >= 15 is 0 Å². The number of aliphatic hydroxyl groups is 1. The maximum absolute atomic E-state index is 13.3. The molecule has 2 aromatic rings. The largest absolute Gasteiger partial charge is 0.389 e. The molecule has 0 radical (unpaired) electrons. The van der Waals surface area contributed by atoms with Crippen molar-refractivity contribution < 1.29 is 9.50 Å². The van der Waals surface area contributed by atoms with Crippen LogP contribution in [-0.4, -0.2) is 10.1 Å². The van der Waals surface area contributed by atoms with Gasteiger partial charge in [-0.1, -0.05) is 0 Å². The van der Waals surface area contributed by atoms with Gasteiger partial charge in [0, 0.05) is 11.6 Å². The Balaban J connectivity index is 2.69. The highest BCUT2D eigenvalue weighted by Crippen LogP contribution is 2.25. The minimum atomic E-state index is -0.772. The summed E-state index contributed by atoms with van der Waals surface area (Å²) in [4.78, 5) is 3.98. The van der Waals surface area contributed by atoms with E-state index in [4.69, 9.17) is 0 Å². The first-order valence-corrected chi connectivity index (χ1v) is 4.77. The molecule has 1 aromatic heterocycles. The number of fused-ring (bicyclic) bond motifs is 1. The Morgan fingerprint density at radius 2 is 2.31 bits per heavy atom. The predicted octanol–water partition coefficient (Wildman–Crippen LogP) is 2.49. The smallest absolute Gasteiger partial charge is 0.131 e. The monoisotopic (exact) mass is 197 g/mol. The van der Waals surface area contributed by atoms with Gasteiger partial charge in [-0.25, -0.2) is 9.37 Å². The lowest BCUT2D eigenvalue weighted by Gasteiger charge is -2.05. The summed E-state index contributed by atoms with van der Waals surface area (Å²) in [6.45, 7) is 1.55. The number of halogens is 1. The lowest BCUT2D eigenvalue weighted by atomic mass is 10.1. The molecule has 0 aliphatic carbocycles. The zero-order valence-corrected chi connectivity index (χ0v) is 7.81. The van der Waals surface area contributed by atoms with Crippen molar-refractivity contribution in [2.75, 3.05) is 0 Å². The molecule has 4 heteroatoms. The van der Waals surface area contributed by atoms with Gasteiger partial charge >= 0.3 is 0 Å². The van der Waals surface area contributed by atoms with E-state index in [1.807, 2.05) is 0 Å². The number of nitrogens with zero attached hydrogens (tertiary/aromatic N) is 1. The van der Waals surface area contributed by atoms with E-state index in [1.54, 1.807) is 18.5 Å². The summed E-state index contributed by atoms with van der Waals surface area (Å²) in [5.74, 6) is -0.395. The third-order valence-electron chi connectivity index (χ3n) is 1.90. The van der Waals surface area contributed by atoms with E-state index in [-0.39, 0.29) is 0 Å². The van der Waals surface area contributed by atoms with Crippen molar-refractivity contribution in [3.05, 3.63) is 29.0 Å². The molecule has 0 fully saturated rings. The average molecular weight is 197 g/mol. The SMILES string of the molecule is CC(O)c1cc2scnc2cc1F. The van der Waals surface area contributed by atoms with E-state index in [9.17, 15) is 9.50 Å². The summed E-state index contributed by atoms with van der Waals surface area (Å²) in [6, 6.07) is 3.00. The lowest BCUT2D eigenvalue weighted by Crippen LogP contribution is -1.94. The van der Waals surface area contributed by atoms with Gasteiger partial charge in [0.05, 0.1) is 21.8 Å². The van der Waals surface area contributed by atoms with Gasteiger partial charge in [0.1, 0.15) is 5.82 Å². The number of aliphatic hydroxyl groups excluding tert-OH is 1. The molecule has 1 atom stereocenters. The molecule has 0 saturated heterocycles. The summed E-state index contributed by atoms with van der Waals surface area (Å²) < 4.78 is 14.2. The van der Waals surface area contributed by atoms with Crippen LogP contribution < -0.4 is 0 Å². The highest BCUT2D eigenvalue weighted by atomic mass is 32.1. The van der Waals surface area contributed by atoms with Gasteiger partial charge in [-0.2, -0.15) is 0 Å². The standard InChI is InChI=1S/C9H8FNOS/c1-5(12)6-2-9-8(3-7(6)10)11-4-13-9/h2-5,12H,1H3. The van der Waals surface area contributed by atoms with Gasteiger partial charge in [-0.05, 0) is 13.0 Å². The molecule has 0 amide bonds. The molecule has 0 bridgehead atoms. The van der Waals surface area contributed by atoms with Crippen LogP contribution in [0.15, 0.2) is 17.6 Å². The van der Waals surface area contributed by atoms with Gasteiger partial charge in [0.2, 0.25) is 0 Å². The van der Waals surface area contributed by atoms with Crippen molar-refractivity contribution in [2.45, 2.75) is 13.0 Å². The van der Waals surface area contributed by atoms with Crippen molar-refractivity contribution in [2.24, 2.45) is 0 Å². The first kappa shape index (κ1) is 8.59. The van der Waals surface area contributed by atoms with Crippen LogP contribution in [0, 0.1) is 5.82 Å². The topological polar surface area (TPSA) is 33.1 Å². The fourth-order valence-electron chi connectivity index (χ4n) is 1.21. The first-order valence-electron chi connectivity index (χ1n) is 3.89. The summed E-state index contributed by atoms with van der Waals surface area (Å²) in [5, 5.41) is 9.25. The summed E-state index contributed by atoms with van der Waals surface area (Å²) in [5.41, 5.74) is 2.64. The highest BCUT2D eigenvalue weighted by Gasteiger charge is 2.10. The third kappa shape index (κ3) is 1.43. The molecule has 0 spiro atoms. The summed E-state index contributed by atoms with van der Waals surface area (Å²) >= 11 is 1.44. The van der Waals surface area contributed by atoms with Crippen LogP contribution in [0.3, 0.4) is 0 Å². The van der Waals surface area contributed by atoms with Crippen molar-refractivity contribution in [3.63, 3.8) is 0 Å². The number of benzene rings is 1. The number of rotatable bonds is 1. The molecule has 68 valence electrons. The van der Waals surface area contributed by atoms with E-state index in [2.05, 4.69) is 4.98 Å². The number of aromatic nitrogens is 1. The van der Waals surface area contributed by atoms with Gasteiger partial charge in [0.25, 0.3) is 0 Å². The van der Waals surface area contributed by atoms with Crippen molar-refractivity contribution in [1.82, 2.24) is 4.98 Å². The van der Waals surface area contributed by atoms with E-state index < -0.39 is 11.9 Å². The molecular weight excluding hydrogens is 189 g/mol. The van der Waals surface area contributed by atoms with Crippen LogP contribution in [0.1, 0.15) is 18.6 Å². The first-order chi connectivity index (χ1) is 6.18. The Kier molecular flexibility index (Phi) is 2.01. The minimum Gasteiger partial charge on any atom is -0.389 e. The van der Waals surface area contributed by atoms with Crippen molar-refractivity contribution >= 4 is 21.6 Å². The second-order valence-electron chi connectivity index (χ2n) is 2.87. The second kappa shape index (κ2) is 3.05. The third-order valence-corrected chi connectivity index (χ3v) is 2.69. The molecule has 0 saturated carbocycles. The Morgan fingerprint density at radius 1 is 1.54 bits per heavy atom. The fourth-order valence-corrected chi connectivity index (χ4v) is 1.92. The van der Waals surface area contributed by atoms with Crippen LogP contribution in [-0.2, 0) is 0 Å². The highest BCUT2D eigenvalue weighted by molar-refractivity contribution is 7.16. The zero-order valence-electron chi connectivity index (χ0n) is 6.99. The fraction of sp³-hybridized carbons (Fsp3) is 0.222. The normalized spacial score (nSPS) is 13.5. The molecule has 1 aromatic carbocycles.